The van der Waals surface area contributed by atoms with E-state index in [1.807, 2.05) is 20.8 Å². The second-order valence-corrected chi connectivity index (χ2v) is 5.40. The van der Waals surface area contributed by atoms with Gasteiger partial charge in [0.05, 0.1) is 0 Å². The van der Waals surface area contributed by atoms with E-state index in [1.54, 1.807) is 18.2 Å². The van der Waals surface area contributed by atoms with Gasteiger partial charge in [-0.15, -0.1) is 0 Å². The molecule has 0 aliphatic rings. The second kappa shape index (κ2) is 6.24. The largest absolute Gasteiger partial charge is 0.483 e. The first kappa shape index (κ1) is 14.8. The minimum Gasteiger partial charge on any atom is -0.483 e. The number of ether oxygens (including phenoxy) is 1. The second-order valence-electron chi connectivity index (χ2n) is 4.96. The van der Waals surface area contributed by atoms with Gasteiger partial charge in [-0.05, 0) is 25.1 Å². The van der Waals surface area contributed by atoms with Gasteiger partial charge in [0.25, 0.3) is 5.89 Å². The molecule has 0 aliphatic heterocycles. The molecule has 0 saturated heterocycles. The molecule has 0 spiro atoms. The Morgan fingerprint density at radius 3 is 2.70 bits per heavy atom. The number of hydrogen-bond donors (Lipinski definition) is 1. The van der Waals surface area contributed by atoms with Gasteiger partial charge in [-0.1, -0.05) is 30.6 Å². The van der Waals surface area contributed by atoms with Crippen molar-refractivity contribution in [1.82, 2.24) is 10.1 Å². The maximum Gasteiger partial charge on any atom is 0.264 e. The molecule has 0 amide bonds. The Hall–Kier alpha value is -1.59. The lowest BCUT2D eigenvalue weighted by Crippen LogP contribution is -2.08. The minimum atomic E-state index is -0.169. The Balaban J connectivity index is 2.10. The van der Waals surface area contributed by atoms with E-state index in [4.69, 9.17) is 26.6 Å². The molecule has 1 heterocycles. The highest BCUT2D eigenvalue weighted by Gasteiger charge is 2.13. The molecule has 0 aliphatic carbocycles. The zero-order valence-electron chi connectivity index (χ0n) is 11.8. The highest BCUT2D eigenvalue weighted by Crippen LogP contribution is 2.27. The summed E-state index contributed by atoms with van der Waals surface area (Å²) in [5, 5.41) is 4.52. The Morgan fingerprint density at radius 2 is 2.10 bits per heavy atom. The molecule has 1 aromatic carbocycles. The predicted octanol–water partition coefficient (Wildman–Crippen LogP) is 3.45. The van der Waals surface area contributed by atoms with Gasteiger partial charge in [-0.25, -0.2) is 0 Å². The van der Waals surface area contributed by atoms with E-state index in [-0.39, 0.29) is 18.6 Å². The van der Waals surface area contributed by atoms with Crippen LogP contribution < -0.4 is 10.5 Å². The topological polar surface area (TPSA) is 74.2 Å². The maximum atomic E-state index is 5.96. The molecule has 0 fully saturated rings. The lowest BCUT2D eigenvalue weighted by Gasteiger charge is -2.13. The van der Waals surface area contributed by atoms with Crippen LogP contribution in [0.1, 0.15) is 50.0 Å². The van der Waals surface area contributed by atoms with Gasteiger partial charge in [0.1, 0.15) is 5.75 Å². The first-order valence-electron chi connectivity index (χ1n) is 6.47. The van der Waals surface area contributed by atoms with Crippen LogP contribution in [0.15, 0.2) is 22.7 Å². The number of aromatic nitrogens is 2. The fraction of sp³-hybridized carbons (Fsp3) is 0.429. The molecule has 2 rings (SSSR count). The van der Waals surface area contributed by atoms with Crippen molar-refractivity contribution in [3.05, 3.63) is 40.5 Å². The van der Waals surface area contributed by atoms with Crippen molar-refractivity contribution < 1.29 is 9.26 Å². The number of rotatable bonds is 5. The van der Waals surface area contributed by atoms with Crippen LogP contribution in [-0.2, 0) is 6.61 Å². The van der Waals surface area contributed by atoms with Crippen LogP contribution in [0.4, 0.5) is 0 Å². The number of nitrogens with two attached hydrogens (primary N) is 1. The normalized spacial score (nSPS) is 12.7. The zero-order valence-corrected chi connectivity index (χ0v) is 12.5. The number of hydrogen-bond acceptors (Lipinski definition) is 5. The molecule has 1 atom stereocenters. The van der Waals surface area contributed by atoms with Crippen LogP contribution in [0.2, 0.25) is 5.02 Å². The van der Waals surface area contributed by atoms with E-state index in [9.17, 15) is 0 Å². The van der Waals surface area contributed by atoms with Gasteiger partial charge in [0.15, 0.2) is 12.4 Å². The molecule has 20 heavy (non-hydrogen) atoms. The lowest BCUT2D eigenvalue weighted by atomic mass is 10.1. The maximum absolute atomic E-state index is 5.96. The van der Waals surface area contributed by atoms with Crippen molar-refractivity contribution in [1.29, 1.82) is 0 Å². The number of benzene rings is 1. The first-order chi connectivity index (χ1) is 9.47. The Bertz CT molecular complexity index is 582. The van der Waals surface area contributed by atoms with Crippen molar-refractivity contribution in [2.75, 3.05) is 0 Å². The molecule has 1 aromatic heterocycles. The molecule has 0 unspecified atom stereocenters. The highest BCUT2D eigenvalue weighted by molar-refractivity contribution is 6.30. The molecule has 5 nitrogen and oxygen atoms in total. The van der Waals surface area contributed by atoms with Gasteiger partial charge in [-0.3, -0.25) is 0 Å². The summed E-state index contributed by atoms with van der Waals surface area (Å²) in [6, 6.07) is 5.18. The van der Waals surface area contributed by atoms with Gasteiger partial charge >= 0.3 is 0 Å². The molecule has 2 aromatic rings. The number of halogens is 1. The van der Waals surface area contributed by atoms with E-state index in [2.05, 4.69) is 10.1 Å². The summed E-state index contributed by atoms with van der Waals surface area (Å²) < 4.78 is 10.8. The average molecular weight is 296 g/mol. The molecule has 6 heteroatoms. The van der Waals surface area contributed by atoms with Crippen molar-refractivity contribution in [3.8, 4) is 5.75 Å². The molecule has 2 N–H and O–H groups in total. The summed E-state index contributed by atoms with van der Waals surface area (Å²) in [5.74, 6) is 2.02. The van der Waals surface area contributed by atoms with Gasteiger partial charge in [-0.2, -0.15) is 4.98 Å². The van der Waals surface area contributed by atoms with E-state index < -0.39 is 0 Å². The standard InChI is InChI=1S/C14H18ClN3O2/c1-8(2)14-17-13(20-18-14)7-19-12-5-4-10(15)6-11(12)9(3)16/h4-6,8-9H,7,16H2,1-3H3/t9-/m0/s1. The average Bonchev–Trinajstić information content (AvgIpc) is 2.86. The van der Waals surface area contributed by atoms with Crippen LogP contribution in [0.25, 0.3) is 0 Å². The van der Waals surface area contributed by atoms with Gasteiger partial charge in [0.2, 0.25) is 0 Å². The molecule has 108 valence electrons. The fourth-order valence-corrected chi connectivity index (χ4v) is 1.89. The number of nitrogens with zero attached hydrogens (tertiary/aromatic N) is 2. The van der Waals surface area contributed by atoms with Crippen LogP contribution in [0, 0.1) is 0 Å². The molecular formula is C14H18ClN3O2. The summed E-state index contributed by atoms with van der Waals surface area (Å²) in [7, 11) is 0. The summed E-state index contributed by atoms with van der Waals surface area (Å²) >= 11 is 5.96. The van der Waals surface area contributed by atoms with E-state index >= 15 is 0 Å². The molecule has 0 bridgehead atoms. The van der Waals surface area contributed by atoms with Crippen molar-refractivity contribution in [2.24, 2.45) is 5.73 Å². The third-order valence-electron chi connectivity index (χ3n) is 2.81. The zero-order chi connectivity index (χ0) is 14.7. The quantitative estimate of drug-likeness (QED) is 0.914. The Labute approximate surface area is 123 Å². The first-order valence-corrected chi connectivity index (χ1v) is 6.85. The van der Waals surface area contributed by atoms with E-state index in [1.165, 1.54) is 0 Å². The SMILES string of the molecule is CC(C)c1noc(COc2ccc(Cl)cc2[C@H](C)N)n1. The van der Waals surface area contributed by atoms with Gasteiger partial charge < -0.3 is 15.0 Å². The lowest BCUT2D eigenvalue weighted by molar-refractivity contribution is 0.240. The van der Waals surface area contributed by atoms with Crippen LogP contribution in [0.3, 0.4) is 0 Å². The molecular weight excluding hydrogens is 278 g/mol. The van der Waals surface area contributed by atoms with E-state index in [0.717, 1.165) is 5.56 Å². The van der Waals surface area contributed by atoms with Crippen LogP contribution >= 0.6 is 11.6 Å². The summed E-state index contributed by atoms with van der Waals surface area (Å²) in [5.41, 5.74) is 6.75. The Morgan fingerprint density at radius 1 is 1.35 bits per heavy atom. The van der Waals surface area contributed by atoms with Crippen molar-refractivity contribution >= 4 is 11.6 Å². The minimum absolute atomic E-state index is 0.169. The predicted molar refractivity (Wildman–Crippen MR) is 76.8 cm³/mol. The third kappa shape index (κ3) is 3.49. The third-order valence-corrected chi connectivity index (χ3v) is 3.05. The van der Waals surface area contributed by atoms with Gasteiger partial charge in [0, 0.05) is 22.5 Å². The van der Waals surface area contributed by atoms with E-state index in [0.29, 0.717) is 22.5 Å². The Kier molecular flexibility index (Phi) is 4.62. The van der Waals surface area contributed by atoms with Crippen molar-refractivity contribution in [3.63, 3.8) is 0 Å². The summed E-state index contributed by atoms with van der Waals surface area (Å²) in [6.07, 6.45) is 0. The summed E-state index contributed by atoms with van der Waals surface area (Å²) in [4.78, 5) is 4.26. The monoisotopic (exact) mass is 295 g/mol. The van der Waals surface area contributed by atoms with Crippen molar-refractivity contribution in [2.45, 2.75) is 39.3 Å². The smallest absolute Gasteiger partial charge is 0.264 e. The van der Waals surface area contributed by atoms with Crippen LogP contribution in [-0.4, -0.2) is 10.1 Å². The van der Waals surface area contributed by atoms with Crippen LogP contribution in [0.5, 0.6) is 5.75 Å². The summed E-state index contributed by atoms with van der Waals surface area (Å²) in [6.45, 7) is 6.09. The fourth-order valence-electron chi connectivity index (χ4n) is 1.71. The highest BCUT2D eigenvalue weighted by atomic mass is 35.5. The molecule has 0 saturated carbocycles. The molecule has 0 radical (unpaired) electrons.